The maximum Gasteiger partial charge on any atom is 0.271 e. The molecule has 1 aliphatic heterocycles. The fourth-order valence-electron chi connectivity index (χ4n) is 3.44. The number of hydrazone groups is 1. The Kier molecular flexibility index (Phi) is 5.24. The van der Waals surface area contributed by atoms with Gasteiger partial charge in [0.1, 0.15) is 0 Å². The van der Waals surface area contributed by atoms with Crippen molar-refractivity contribution in [2.75, 3.05) is 11.9 Å². The number of fused-ring (bicyclic) bond motifs is 1. The van der Waals surface area contributed by atoms with Crippen molar-refractivity contribution in [2.45, 2.75) is 33.2 Å². The van der Waals surface area contributed by atoms with Crippen LogP contribution >= 0.6 is 0 Å². The highest BCUT2D eigenvalue weighted by atomic mass is 16.6. The summed E-state index contributed by atoms with van der Waals surface area (Å²) in [7, 11) is 2.08. The Hall–Kier alpha value is -3.48. The molecular weight excluding hydrogens is 368 g/mol. The van der Waals surface area contributed by atoms with Crippen LogP contribution in [0, 0.1) is 17.0 Å². The normalized spacial score (nSPS) is 15.1. The first kappa shape index (κ1) is 20.3. The molecule has 0 unspecified atom stereocenters. The monoisotopic (exact) mass is 392 g/mol. The number of nitro groups is 1. The number of benzene rings is 2. The van der Waals surface area contributed by atoms with Gasteiger partial charge in [-0.1, -0.05) is 12.1 Å². The molecule has 150 valence electrons. The molecule has 0 fully saturated rings. The number of likely N-dealkylation sites (N-methyl/N-ethyl adjacent to an activating group) is 1. The molecule has 7 nitrogen and oxygen atoms in total. The summed E-state index contributed by atoms with van der Waals surface area (Å²) in [6.45, 7) is 8.44. The van der Waals surface area contributed by atoms with Crippen LogP contribution in [0.5, 0.6) is 0 Å². The summed E-state index contributed by atoms with van der Waals surface area (Å²) in [5.41, 5.74) is 7.83. The molecule has 1 N–H and O–H groups in total. The van der Waals surface area contributed by atoms with Gasteiger partial charge in [-0.15, -0.1) is 0 Å². The van der Waals surface area contributed by atoms with Gasteiger partial charge in [0.25, 0.3) is 11.6 Å². The molecule has 7 heteroatoms. The van der Waals surface area contributed by atoms with E-state index in [-0.39, 0.29) is 16.8 Å². The molecule has 2 aromatic rings. The van der Waals surface area contributed by atoms with Gasteiger partial charge in [-0.2, -0.15) is 5.10 Å². The molecular formula is C22H24N4O3. The number of rotatable bonds is 4. The highest BCUT2D eigenvalue weighted by Crippen LogP contribution is 2.38. The lowest BCUT2D eigenvalue weighted by Crippen LogP contribution is -2.42. The highest BCUT2D eigenvalue weighted by molar-refractivity contribution is 5.96. The van der Waals surface area contributed by atoms with Crippen molar-refractivity contribution in [3.63, 3.8) is 0 Å². The van der Waals surface area contributed by atoms with Gasteiger partial charge in [0.05, 0.1) is 16.7 Å². The first-order chi connectivity index (χ1) is 13.6. The number of amides is 1. The van der Waals surface area contributed by atoms with E-state index in [9.17, 15) is 14.9 Å². The van der Waals surface area contributed by atoms with Crippen molar-refractivity contribution in [3.8, 4) is 0 Å². The summed E-state index contributed by atoms with van der Waals surface area (Å²) >= 11 is 0. The number of hydrogen-bond acceptors (Lipinski definition) is 5. The fraction of sp³-hybridized carbons (Fsp3) is 0.273. The van der Waals surface area contributed by atoms with E-state index in [2.05, 4.69) is 61.5 Å². The number of nitrogens with zero attached hydrogens (tertiary/aromatic N) is 3. The lowest BCUT2D eigenvalue weighted by atomic mass is 9.87. The molecule has 1 amide bonds. The number of anilines is 1. The molecule has 0 saturated heterocycles. The predicted molar refractivity (Wildman–Crippen MR) is 115 cm³/mol. The lowest BCUT2D eigenvalue weighted by Gasteiger charge is -2.41. The van der Waals surface area contributed by atoms with E-state index in [4.69, 9.17) is 0 Å². The summed E-state index contributed by atoms with van der Waals surface area (Å²) in [5.74, 6) is -0.502. The first-order valence-corrected chi connectivity index (χ1v) is 9.26. The predicted octanol–water partition coefficient (Wildman–Crippen LogP) is 4.30. The van der Waals surface area contributed by atoms with Gasteiger partial charge in [0.2, 0.25) is 0 Å². The second kappa shape index (κ2) is 7.50. The standard InChI is InChI=1S/C22H24N4O3/c1-14-9-20-19(15(2)12-22(3,4)25(20)5)11-17(14)13-23-24-21(27)16-7-6-8-18(10-16)26(28)29/h6-13H,1-5H3,(H,24,27)/b23-13+. The van der Waals surface area contributed by atoms with Crippen LogP contribution in [0.1, 0.15) is 47.8 Å². The van der Waals surface area contributed by atoms with Crippen molar-refractivity contribution in [3.05, 3.63) is 74.8 Å². The average Bonchev–Trinajstić information content (AvgIpc) is 2.66. The first-order valence-electron chi connectivity index (χ1n) is 9.26. The molecule has 1 heterocycles. The summed E-state index contributed by atoms with van der Waals surface area (Å²) in [6, 6.07) is 9.72. The summed E-state index contributed by atoms with van der Waals surface area (Å²) < 4.78 is 0. The average molecular weight is 392 g/mol. The number of allylic oxidation sites excluding steroid dienone is 1. The number of carbonyl (C=O) groups is 1. The highest BCUT2D eigenvalue weighted by Gasteiger charge is 2.28. The van der Waals surface area contributed by atoms with Crippen LogP contribution in [-0.2, 0) is 0 Å². The molecule has 0 bridgehead atoms. The zero-order valence-corrected chi connectivity index (χ0v) is 17.2. The molecule has 3 rings (SSSR count). The Morgan fingerprint density at radius 3 is 2.66 bits per heavy atom. The van der Waals surface area contributed by atoms with E-state index in [0.717, 1.165) is 22.4 Å². The zero-order valence-electron chi connectivity index (χ0n) is 17.2. The van der Waals surface area contributed by atoms with Crippen molar-refractivity contribution in [1.29, 1.82) is 0 Å². The van der Waals surface area contributed by atoms with Gasteiger partial charge in [-0.05, 0) is 62.6 Å². The molecule has 0 aliphatic carbocycles. The van der Waals surface area contributed by atoms with Gasteiger partial charge in [-0.3, -0.25) is 14.9 Å². The Balaban J connectivity index is 1.82. The Labute approximate surface area is 169 Å². The van der Waals surface area contributed by atoms with E-state index in [1.165, 1.54) is 29.8 Å². The van der Waals surface area contributed by atoms with Crippen LogP contribution in [0.2, 0.25) is 0 Å². The van der Waals surface area contributed by atoms with E-state index >= 15 is 0 Å². The minimum Gasteiger partial charge on any atom is -0.365 e. The van der Waals surface area contributed by atoms with Gasteiger partial charge in [-0.25, -0.2) is 5.43 Å². The van der Waals surface area contributed by atoms with Gasteiger partial charge in [0, 0.05) is 36.0 Å². The van der Waals surface area contributed by atoms with Crippen molar-refractivity contribution in [1.82, 2.24) is 5.43 Å². The maximum absolute atomic E-state index is 12.2. The number of aryl methyl sites for hydroxylation is 1. The fourth-order valence-corrected chi connectivity index (χ4v) is 3.44. The number of nitrogens with one attached hydrogen (secondary N) is 1. The van der Waals surface area contributed by atoms with Crippen LogP contribution in [0.3, 0.4) is 0 Å². The van der Waals surface area contributed by atoms with E-state index in [0.29, 0.717) is 0 Å². The van der Waals surface area contributed by atoms with Gasteiger partial charge < -0.3 is 4.90 Å². The van der Waals surface area contributed by atoms with Crippen LogP contribution < -0.4 is 10.3 Å². The van der Waals surface area contributed by atoms with Crippen molar-refractivity contribution < 1.29 is 9.72 Å². The van der Waals surface area contributed by atoms with Crippen LogP contribution in [0.15, 0.2) is 47.6 Å². The molecule has 0 radical (unpaired) electrons. The second-order valence-electron chi connectivity index (χ2n) is 7.77. The smallest absolute Gasteiger partial charge is 0.271 e. The number of carbonyl (C=O) groups excluding carboxylic acids is 1. The zero-order chi connectivity index (χ0) is 21.3. The van der Waals surface area contributed by atoms with Crippen LogP contribution in [-0.4, -0.2) is 29.6 Å². The van der Waals surface area contributed by atoms with E-state index in [1.54, 1.807) is 6.21 Å². The lowest BCUT2D eigenvalue weighted by molar-refractivity contribution is -0.384. The molecule has 1 aliphatic rings. The summed E-state index contributed by atoms with van der Waals surface area (Å²) in [4.78, 5) is 24.8. The number of hydrogen-bond donors (Lipinski definition) is 1. The molecule has 29 heavy (non-hydrogen) atoms. The van der Waals surface area contributed by atoms with Crippen LogP contribution in [0.4, 0.5) is 11.4 Å². The van der Waals surface area contributed by atoms with Crippen molar-refractivity contribution >= 4 is 29.1 Å². The molecule has 0 atom stereocenters. The van der Waals surface area contributed by atoms with Crippen LogP contribution in [0.25, 0.3) is 5.57 Å². The minimum atomic E-state index is -0.537. The van der Waals surface area contributed by atoms with Crippen molar-refractivity contribution in [2.24, 2.45) is 5.10 Å². The quantitative estimate of drug-likeness (QED) is 0.477. The molecule has 0 spiro atoms. The van der Waals surface area contributed by atoms with E-state index < -0.39 is 10.8 Å². The Morgan fingerprint density at radius 1 is 1.24 bits per heavy atom. The molecule has 0 aromatic heterocycles. The Morgan fingerprint density at radius 2 is 1.97 bits per heavy atom. The maximum atomic E-state index is 12.2. The third kappa shape index (κ3) is 4.03. The Bertz CT molecular complexity index is 1050. The third-order valence-corrected chi connectivity index (χ3v) is 5.29. The third-order valence-electron chi connectivity index (χ3n) is 5.29. The topological polar surface area (TPSA) is 87.8 Å². The number of nitro benzene ring substituents is 1. The molecule has 0 saturated carbocycles. The SMILES string of the molecule is CC1=CC(C)(C)N(C)c2cc(C)c(/C=N/NC(=O)c3cccc([N+](=O)[O-])c3)cc21. The number of non-ortho nitro benzene ring substituents is 1. The largest absolute Gasteiger partial charge is 0.365 e. The van der Waals surface area contributed by atoms with Gasteiger partial charge >= 0.3 is 0 Å². The molecule has 2 aromatic carbocycles. The summed E-state index contributed by atoms with van der Waals surface area (Å²) in [5, 5.41) is 14.9. The van der Waals surface area contributed by atoms with Gasteiger partial charge in [0.15, 0.2) is 0 Å². The minimum absolute atomic E-state index is 0.0641. The second-order valence-corrected chi connectivity index (χ2v) is 7.77. The van der Waals surface area contributed by atoms with E-state index in [1.807, 2.05) is 6.92 Å². The summed E-state index contributed by atoms with van der Waals surface area (Å²) in [6.07, 6.45) is 3.83.